The van der Waals surface area contributed by atoms with Crippen LogP contribution in [0.2, 0.25) is 5.02 Å². The van der Waals surface area contributed by atoms with Gasteiger partial charge in [-0.15, -0.1) is 0 Å². The summed E-state index contributed by atoms with van der Waals surface area (Å²) in [5, 5.41) is 4.52. The maximum atomic E-state index is 12.3. The zero-order chi connectivity index (χ0) is 21.0. The Labute approximate surface area is 162 Å². The lowest BCUT2D eigenvalue weighted by Gasteiger charge is -2.21. The van der Waals surface area contributed by atoms with Gasteiger partial charge in [-0.25, -0.2) is 22.7 Å². The van der Waals surface area contributed by atoms with Crippen molar-refractivity contribution < 1.29 is 27.5 Å². The first-order valence-corrected chi connectivity index (χ1v) is 9.70. The Morgan fingerprint density at radius 3 is 2.30 bits per heavy atom. The molecule has 1 aromatic rings. The Balaban J connectivity index is 2.88. The molecule has 9 nitrogen and oxygen atoms in total. The second kappa shape index (κ2) is 8.68. The number of ether oxygens (including phenoxy) is 1. The number of sulfonamides is 1. The van der Waals surface area contributed by atoms with Crippen LogP contribution in [0, 0.1) is 0 Å². The zero-order valence-corrected chi connectivity index (χ0v) is 17.1. The highest BCUT2D eigenvalue weighted by molar-refractivity contribution is 7.89. The molecule has 3 N–H and O–H groups in total. The van der Waals surface area contributed by atoms with E-state index in [1.54, 1.807) is 20.8 Å². The number of carbonyl (C=O) groups is 3. The molecule has 0 bridgehead atoms. The summed E-state index contributed by atoms with van der Waals surface area (Å²) in [6.07, 6.45) is -1.32. The number of esters is 1. The molecular formula is C16H22ClN3O6S. The summed E-state index contributed by atoms with van der Waals surface area (Å²) in [6, 6.07) is 2.74. The lowest BCUT2D eigenvalue weighted by atomic mass is 10.1. The fraction of sp³-hybridized carbons (Fsp3) is 0.438. The van der Waals surface area contributed by atoms with E-state index in [9.17, 15) is 22.8 Å². The molecule has 11 heteroatoms. The molecule has 0 saturated carbocycles. The molecule has 0 spiro atoms. The highest BCUT2D eigenvalue weighted by Crippen LogP contribution is 2.21. The quantitative estimate of drug-likeness (QED) is 0.618. The molecule has 1 rings (SSSR count). The molecule has 0 radical (unpaired) electrons. The fourth-order valence-corrected chi connectivity index (χ4v) is 2.76. The third-order valence-corrected chi connectivity index (χ3v) is 4.86. The Hall–Kier alpha value is -2.17. The number of hydrogen-bond donors (Lipinski definition) is 3. The van der Waals surface area contributed by atoms with Crippen molar-refractivity contribution in [3.8, 4) is 0 Å². The maximum Gasteiger partial charge on any atom is 0.340 e. The van der Waals surface area contributed by atoms with Gasteiger partial charge in [-0.3, -0.25) is 10.1 Å². The van der Waals surface area contributed by atoms with Crippen molar-refractivity contribution in [2.45, 2.75) is 44.2 Å². The van der Waals surface area contributed by atoms with Gasteiger partial charge in [0.05, 0.1) is 15.5 Å². The molecule has 150 valence electrons. The first-order valence-electron chi connectivity index (χ1n) is 7.84. The van der Waals surface area contributed by atoms with Gasteiger partial charge in [0.2, 0.25) is 10.0 Å². The third-order valence-electron chi connectivity index (χ3n) is 3.12. The Morgan fingerprint density at radius 2 is 1.78 bits per heavy atom. The minimum absolute atomic E-state index is 0.0480. The van der Waals surface area contributed by atoms with Crippen LogP contribution in [0.3, 0.4) is 0 Å². The number of rotatable bonds is 5. The summed E-state index contributed by atoms with van der Waals surface area (Å²) in [6.45, 7) is 6.46. The number of carbonyl (C=O) groups excluding carboxylic acids is 3. The average Bonchev–Trinajstić information content (AvgIpc) is 2.52. The Kier molecular flexibility index (Phi) is 7.35. The monoisotopic (exact) mass is 419 g/mol. The van der Waals surface area contributed by atoms with Crippen LogP contribution in [0.15, 0.2) is 23.1 Å². The molecule has 1 aromatic carbocycles. The van der Waals surface area contributed by atoms with Crippen LogP contribution in [0.25, 0.3) is 0 Å². The predicted octanol–water partition coefficient (Wildman–Crippen LogP) is 1.42. The van der Waals surface area contributed by atoms with Crippen molar-refractivity contribution in [1.29, 1.82) is 0 Å². The summed E-state index contributed by atoms with van der Waals surface area (Å²) in [5.74, 6) is -1.85. The number of amides is 3. The topological polar surface area (TPSA) is 131 Å². The van der Waals surface area contributed by atoms with Crippen molar-refractivity contribution in [2.24, 2.45) is 0 Å². The number of imide groups is 1. The SMILES string of the molecule is CNS(=O)(=O)c1ccc(Cl)c(C(=O)O[C@@H](C)C(=O)NC(=O)NC(C)(C)C)c1. The van der Waals surface area contributed by atoms with Crippen LogP contribution in [0.1, 0.15) is 38.1 Å². The van der Waals surface area contributed by atoms with Crippen molar-refractivity contribution in [2.75, 3.05) is 7.05 Å². The van der Waals surface area contributed by atoms with E-state index in [-0.39, 0.29) is 15.5 Å². The van der Waals surface area contributed by atoms with Gasteiger partial charge in [0.25, 0.3) is 5.91 Å². The average molecular weight is 420 g/mol. The van der Waals surface area contributed by atoms with Crippen LogP contribution in [-0.2, 0) is 19.6 Å². The number of nitrogens with one attached hydrogen (secondary N) is 3. The second-order valence-corrected chi connectivity index (χ2v) is 8.88. The zero-order valence-electron chi connectivity index (χ0n) is 15.5. The Bertz CT molecular complexity index is 848. The largest absolute Gasteiger partial charge is 0.449 e. The van der Waals surface area contributed by atoms with Gasteiger partial charge < -0.3 is 10.1 Å². The van der Waals surface area contributed by atoms with Gasteiger partial charge in [-0.1, -0.05) is 11.6 Å². The first-order chi connectivity index (χ1) is 12.3. The highest BCUT2D eigenvalue weighted by Gasteiger charge is 2.25. The molecule has 27 heavy (non-hydrogen) atoms. The van der Waals surface area contributed by atoms with E-state index in [0.29, 0.717) is 0 Å². The van der Waals surface area contributed by atoms with Crippen LogP contribution < -0.4 is 15.4 Å². The lowest BCUT2D eigenvalue weighted by Crippen LogP contribution is -2.50. The molecule has 0 saturated heterocycles. The van der Waals surface area contributed by atoms with Gasteiger partial charge in [-0.2, -0.15) is 0 Å². The summed E-state index contributed by atoms with van der Waals surface area (Å²) in [7, 11) is -2.58. The minimum Gasteiger partial charge on any atom is -0.449 e. The Morgan fingerprint density at radius 1 is 1.19 bits per heavy atom. The highest BCUT2D eigenvalue weighted by atomic mass is 35.5. The lowest BCUT2D eigenvalue weighted by molar-refractivity contribution is -0.127. The molecular weight excluding hydrogens is 398 g/mol. The molecule has 3 amide bonds. The van der Waals surface area contributed by atoms with E-state index in [0.717, 1.165) is 6.07 Å². The van der Waals surface area contributed by atoms with Crippen LogP contribution in [0.4, 0.5) is 4.79 Å². The van der Waals surface area contributed by atoms with Crippen molar-refractivity contribution >= 4 is 39.5 Å². The maximum absolute atomic E-state index is 12.3. The van der Waals surface area contributed by atoms with Gasteiger partial charge >= 0.3 is 12.0 Å². The van der Waals surface area contributed by atoms with Crippen molar-refractivity contribution in [3.63, 3.8) is 0 Å². The summed E-state index contributed by atoms with van der Waals surface area (Å²) in [5.41, 5.74) is -0.788. The van der Waals surface area contributed by atoms with Crippen LogP contribution in [-0.4, -0.2) is 45.0 Å². The predicted molar refractivity (Wildman–Crippen MR) is 99.0 cm³/mol. The van der Waals surface area contributed by atoms with Crippen LogP contribution in [0.5, 0.6) is 0 Å². The summed E-state index contributed by atoms with van der Waals surface area (Å²) >= 11 is 5.92. The van der Waals surface area contributed by atoms with Gasteiger partial charge in [0.1, 0.15) is 0 Å². The molecule has 0 fully saturated rings. The molecule has 0 unspecified atom stereocenters. The number of halogens is 1. The molecule has 0 heterocycles. The van der Waals surface area contributed by atoms with Crippen molar-refractivity contribution in [3.05, 3.63) is 28.8 Å². The number of urea groups is 1. The molecule has 0 aromatic heterocycles. The van der Waals surface area contributed by atoms with Crippen LogP contribution >= 0.6 is 11.6 Å². The summed E-state index contributed by atoms with van der Waals surface area (Å²) in [4.78, 5) is 35.7. The molecule has 0 aliphatic carbocycles. The second-order valence-electron chi connectivity index (χ2n) is 6.59. The van der Waals surface area contributed by atoms with Crippen molar-refractivity contribution in [1.82, 2.24) is 15.4 Å². The standard InChI is InChI=1S/C16H22ClN3O6S/c1-9(13(21)19-15(23)20-16(2,3)4)26-14(22)11-8-10(6-7-12(11)17)27(24,25)18-5/h6-9,18H,1-5H3,(H2,19,20,21,23)/t9-/m0/s1. The first kappa shape index (κ1) is 22.9. The van der Waals surface area contributed by atoms with E-state index in [2.05, 4.69) is 10.0 Å². The fourth-order valence-electron chi connectivity index (χ4n) is 1.81. The van der Waals surface area contributed by atoms with Gasteiger partial charge in [-0.05, 0) is 52.9 Å². The number of benzene rings is 1. The van der Waals surface area contributed by atoms with Gasteiger partial charge in [0, 0.05) is 5.54 Å². The van der Waals surface area contributed by atoms with E-state index in [4.69, 9.17) is 16.3 Å². The third kappa shape index (κ3) is 6.81. The normalized spacial score (nSPS) is 12.8. The molecule has 0 aliphatic heterocycles. The number of hydrogen-bond acceptors (Lipinski definition) is 6. The molecule has 1 atom stereocenters. The van der Waals surface area contributed by atoms with E-state index < -0.39 is 39.6 Å². The van der Waals surface area contributed by atoms with E-state index in [1.165, 1.54) is 26.1 Å². The van der Waals surface area contributed by atoms with Gasteiger partial charge in [0.15, 0.2) is 6.10 Å². The van der Waals surface area contributed by atoms with E-state index in [1.807, 2.05) is 5.32 Å². The smallest absolute Gasteiger partial charge is 0.340 e. The van der Waals surface area contributed by atoms with E-state index >= 15 is 0 Å². The summed E-state index contributed by atoms with van der Waals surface area (Å²) < 4.78 is 30.8. The molecule has 0 aliphatic rings. The minimum atomic E-state index is -3.80.